The van der Waals surface area contributed by atoms with Gasteiger partial charge in [0.25, 0.3) is 15.9 Å². The molecule has 8 nitrogen and oxygen atoms in total. The van der Waals surface area contributed by atoms with Crippen molar-refractivity contribution in [3.63, 3.8) is 0 Å². The maximum absolute atomic E-state index is 12.5. The van der Waals surface area contributed by atoms with Crippen LogP contribution in [0.3, 0.4) is 0 Å². The molecule has 1 saturated heterocycles. The van der Waals surface area contributed by atoms with E-state index in [2.05, 4.69) is 5.32 Å². The smallest absolute Gasteiger partial charge is 0.264 e. The standard InChI is InChI=1S/C19H21N3O5S/c1-21(27-2)28(25,26)17-6-3-5-14(13-17)19(24)20-15-8-10-16(11-9-15)22-12-4-7-18(22)23/h3,5-6,8-11,13H,4,7,12H2,1-2H3,(H,20,24). The SMILES string of the molecule is CON(C)S(=O)(=O)c1cccc(C(=O)Nc2ccc(N3CCCC3=O)cc2)c1. The second kappa shape index (κ2) is 8.09. The van der Waals surface area contributed by atoms with Gasteiger partial charge in [0.05, 0.1) is 12.0 Å². The first-order chi connectivity index (χ1) is 13.3. The molecule has 148 valence electrons. The predicted octanol–water partition coefficient (Wildman–Crippen LogP) is 2.25. The molecule has 0 aromatic heterocycles. The Labute approximate surface area is 163 Å². The first-order valence-corrected chi connectivity index (χ1v) is 10.1. The Morgan fingerprint density at radius 2 is 1.89 bits per heavy atom. The summed E-state index contributed by atoms with van der Waals surface area (Å²) in [5.41, 5.74) is 1.53. The Bertz CT molecular complexity index is 989. The van der Waals surface area contributed by atoms with Gasteiger partial charge in [-0.15, -0.1) is 0 Å². The van der Waals surface area contributed by atoms with E-state index in [1.807, 2.05) is 0 Å². The zero-order valence-electron chi connectivity index (χ0n) is 15.6. The molecule has 1 N–H and O–H groups in total. The van der Waals surface area contributed by atoms with Crippen LogP contribution in [0.2, 0.25) is 0 Å². The molecule has 2 aromatic carbocycles. The number of anilines is 2. The van der Waals surface area contributed by atoms with Gasteiger partial charge in [-0.1, -0.05) is 10.5 Å². The lowest BCUT2D eigenvalue weighted by atomic mass is 10.2. The van der Waals surface area contributed by atoms with Crippen molar-refractivity contribution >= 4 is 33.2 Å². The quantitative estimate of drug-likeness (QED) is 0.747. The van der Waals surface area contributed by atoms with Gasteiger partial charge in [0.1, 0.15) is 0 Å². The summed E-state index contributed by atoms with van der Waals surface area (Å²) in [6, 6.07) is 12.7. The fraction of sp³-hybridized carbons (Fsp3) is 0.263. The molecule has 0 unspecified atom stereocenters. The number of rotatable bonds is 6. The summed E-state index contributed by atoms with van der Waals surface area (Å²) < 4.78 is 25.4. The normalized spacial score (nSPS) is 14.5. The average Bonchev–Trinajstić information content (AvgIpc) is 3.13. The number of hydroxylamine groups is 1. The van der Waals surface area contributed by atoms with Crippen molar-refractivity contribution in [3.8, 4) is 0 Å². The lowest BCUT2D eigenvalue weighted by Crippen LogP contribution is -2.26. The van der Waals surface area contributed by atoms with Gasteiger partial charge in [-0.3, -0.25) is 14.4 Å². The van der Waals surface area contributed by atoms with Crippen molar-refractivity contribution in [1.82, 2.24) is 4.47 Å². The number of carbonyl (C=O) groups is 2. The van der Waals surface area contributed by atoms with Crippen LogP contribution in [-0.4, -0.2) is 45.4 Å². The van der Waals surface area contributed by atoms with Crippen LogP contribution < -0.4 is 10.2 Å². The van der Waals surface area contributed by atoms with E-state index in [0.717, 1.165) is 16.6 Å². The third-order valence-corrected chi connectivity index (χ3v) is 6.18. The molecule has 0 atom stereocenters. The Hall–Kier alpha value is -2.75. The van der Waals surface area contributed by atoms with Crippen LogP contribution in [0.4, 0.5) is 11.4 Å². The minimum Gasteiger partial charge on any atom is -0.322 e. The Balaban J connectivity index is 1.75. The first kappa shape index (κ1) is 20.0. The van der Waals surface area contributed by atoms with E-state index in [0.29, 0.717) is 18.7 Å². The third kappa shape index (κ3) is 4.06. The van der Waals surface area contributed by atoms with Crippen LogP contribution in [-0.2, 0) is 19.7 Å². The van der Waals surface area contributed by atoms with E-state index in [1.165, 1.54) is 38.4 Å². The molecule has 0 bridgehead atoms. The molecular weight excluding hydrogens is 382 g/mol. The van der Waals surface area contributed by atoms with Crippen LogP contribution in [0.5, 0.6) is 0 Å². The number of carbonyl (C=O) groups excluding carboxylic acids is 2. The van der Waals surface area contributed by atoms with Crippen LogP contribution in [0, 0.1) is 0 Å². The molecule has 2 aromatic rings. The molecule has 1 aliphatic rings. The second-order valence-corrected chi connectivity index (χ2v) is 8.21. The van der Waals surface area contributed by atoms with Crippen LogP contribution >= 0.6 is 0 Å². The lowest BCUT2D eigenvalue weighted by Gasteiger charge is -2.16. The fourth-order valence-corrected chi connectivity index (χ4v) is 3.91. The van der Waals surface area contributed by atoms with Crippen molar-refractivity contribution in [2.75, 3.05) is 30.9 Å². The summed E-state index contributed by atoms with van der Waals surface area (Å²) in [5, 5.41) is 2.73. The molecule has 1 fully saturated rings. The molecule has 0 aliphatic carbocycles. The van der Waals surface area contributed by atoms with E-state index in [1.54, 1.807) is 29.2 Å². The first-order valence-electron chi connectivity index (χ1n) is 8.68. The average molecular weight is 403 g/mol. The summed E-state index contributed by atoms with van der Waals surface area (Å²) in [6.45, 7) is 0.696. The number of hydrogen-bond acceptors (Lipinski definition) is 5. The van der Waals surface area contributed by atoms with E-state index in [-0.39, 0.29) is 16.4 Å². The summed E-state index contributed by atoms with van der Waals surface area (Å²) in [5.74, 6) is -0.349. The van der Waals surface area contributed by atoms with Crippen molar-refractivity contribution in [1.29, 1.82) is 0 Å². The van der Waals surface area contributed by atoms with Gasteiger partial charge >= 0.3 is 0 Å². The van der Waals surface area contributed by atoms with E-state index < -0.39 is 15.9 Å². The zero-order chi connectivity index (χ0) is 20.3. The highest BCUT2D eigenvalue weighted by Gasteiger charge is 2.23. The van der Waals surface area contributed by atoms with Crippen molar-refractivity contribution in [2.45, 2.75) is 17.7 Å². The molecule has 3 rings (SSSR count). The van der Waals surface area contributed by atoms with E-state index in [4.69, 9.17) is 4.84 Å². The van der Waals surface area contributed by atoms with Gasteiger partial charge in [0.2, 0.25) is 5.91 Å². The monoisotopic (exact) mass is 403 g/mol. The summed E-state index contributed by atoms with van der Waals surface area (Å²) >= 11 is 0. The highest BCUT2D eigenvalue weighted by molar-refractivity contribution is 7.89. The largest absolute Gasteiger partial charge is 0.322 e. The van der Waals surface area contributed by atoms with Gasteiger partial charge in [0, 0.05) is 37.0 Å². The van der Waals surface area contributed by atoms with Gasteiger partial charge < -0.3 is 10.2 Å². The second-order valence-electron chi connectivity index (χ2n) is 6.28. The molecule has 0 radical (unpaired) electrons. The summed E-state index contributed by atoms with van der Waals surface area (Å²) in [4.78, 5) is 30.7. The number of benzene rings is 2. The van der Waals surface area contributed by atoms with Crippen molar-refractivity contribution < 1.29 is 22.8 Å². The van der Waals surface area contributed by atoms with Crippen molar-refractivity contribution in [2.24, 2.45) is 0 Å². The number of hydrogen-bond donors (Lipinski definition) is 1. The van der Waals surface area contributed by atoms with Crippen LogP contribution in [0.15, 0.2) is 53.4 Å². The highest BCUT2D eigenvalue weighted by Crippen LogP contribution is 2.23. The predicted molar refractivity (Wildman–Crippen MR) is 104 cm³/mol. The van der Waals surface area contributed by atoms with Gasteiger partial charge in [0.15, 0.2) is 0 Å². The Morgan fingerprint density at radius 1 is 1.18 bits per heavy atom. The lowest BCUT2D eigenvalue weighted by molar-refractivity contribution is -0.117. The molecule has 0 saturated carbocycles. The molecule has 2 amide bonds. The Kier molecular flexibility index (Phi) is 5.78. The molecule has 28 heavy (non-hydrogen) atoms. The maximum atomic E-state index is 12.5. The molecule has 0 spiro atoms. The van der Waals surface area contributed by atoms with E-state index >= 15 is 0 Å². The summed E-state index contributed by atoms with van der Waals surface area (Å²) in [6.07, 6.45) is 1.39. The number of nitrogens with zero attached hydrogens (tertiary/aromatic N) is 2. The number of amides is 2. The molecule has 9 heteroatoms. The van der Waals surface area contributed by atoms with E-state index in [9.17, 15) is 18.0 Å². The minimum atomic E-state index is -3.84. The third-order valence-electron chi connectivity index (χ3n) is 4.50. The zero-order valence-corrected chi connectivity index (χ0v) is 16.4. The van der Waals surface area contributed by atoms with Gasteiger partial charge in [-0.05, 0) is 48.9 Å². The van der Waals surface area contributed by atoms with Crippen LogP contribution in [0.1, 0.15) is 23.2 Å². The highest BCUT2D eigenvalue weighted by atomic mass is 32.2. The Morgan fingerprint density at radius 3 is 2.50 bits per heavy atom. The maximum Gasteiger partial charge on any atom is 0.264 e. The number of sulfonamides is 1. The topological polar surface area (TPSA) is 96.0 Å². The molecule has 1 aliphatic heterocycles. The fourth-order valence-electron chi connectivity index (χ4n) is 2.89. The van der Waals surface area contributed by atoms with Gasteiger partial charge in [-0.25, -0.2) is 8.42 Å². The number of nitrogens with one attached hydrogen (secondary N) is 1. The van der Waals surface area contributed by atoms with Gasteiger partial charge in [-0.2, -0.15) is 0 Å². The van der Waals surface area contributed by atoms with Crippen molar-refractivity contribution in [3.05, 3.63) is 54.1 Å². The minimum absolute atomic E-state index is 0.0487. The summed E-state index contributed by atoms with van der Waals surface area (Å²) in [7, 11) is -1.33. The molecular formula is C19H21N3O5S. The molecule has 1 heterocycles. The van der Waals surface area contributed by atoms with Crippen LogP contribution in [0.25, 0.3) is 0 Å².